The van der Waals surface area contributed by atoms with Gasteiger partial charge in [0.15, 0.2) is 5.11 Å². The first-order valence-electron chi connectivity index (χ1n) is 5.65. The van der Waals surface area contributed by atoms with E-state index >= 15 is 0 Å². The predicted octanol–water partition coefficient (Wildman–Crippen LogP) is 2.28. The van der Waals surface area contributed by atoms with Crippen molar-refractivity contribution in [2.75, 3.05) is 0 Å². The second-order valence-corrected chi connectivity index (χ2v) is 4.22. The molecule has 1 aliphatic carbocycles. The summed E-state index contributed by atoms with van der Waals surface area (Å²) in [5, 5.41) is 6.96. The first kappa shape index (κ1) is 11.8. The van der Waals surface area contributed by atoms with Crippen LogP contribution in [0.2, 0.25) is 0 Å². The van der Waals surface area contributed by atoms with Gasteiger partial charge in [0.2, 0.25) is 0 Å². The molecule has 0 saturated heterocycles. The van der Waals surface area contributed by atoms with Gasteiger partial charge in [-0.05, 0) is 42.8 Å². The fourth-order valence-corrected chi connectivity index (χ4v) is 1.76. The van der Waals surface area contributed by atoms with Gasteiger partial charge < -0.3 is 10.6 Å². The van der Waals surface area contributed by atoms with Crippen molar-refractivity contribution in [1.82, 2.24) is 15.6 Å². The maximum Gasteiger partial charge on any atom is 0.171 e. The summed E-state index contributed by atoms with van der Waals surface area (Å²) in [7, 11) is 0. The van der Waals surface area contributed by atoms with Crippen LogP contribution in [0.5, 0.6) is 0 Å². The van der Waals surface area contributed by atoms with Crippen LogP contribution in [0.25, 0.3) is 0 Å². The molecule has 4 heteroatoms. The highest BCUT2D eigenvalue weighted by atomic mass is 32.1. The maximum atomic E-state index is 5.22. The minimum atomic E-state index is 0.645. The van der Waals surface area contributed by atoms with E-state index in [1.807, 2.05) is 18.3 Å². The minimum absolute atomic E-state index is 0.645. The molecule has 0 aromatic carbocycles. The molecule has 2 rings (SSSR count). The fraction of sp³-hybridized carbons (Fsp3) is 0.231. The molecule has 17 heavy (non-hydrogen) atoms. The summed E-state index contributed by atoms with van der Waals surface area (Å²) in [6.45, 7) is 0.691. The lowest BCUT2D eigenvalue weighted by Gasteiger charge is -2.12. The van der Waals surface area contributed by atoms with E-state index in [0.717, 1.165) is 24.1 Å². The molecule has 0 aliphatic heterocycles. The SMILES string of the molecule is S=C(NCc1cccnc1)NC1=CCCC=C1. The van der Waals surface area contributed by atoms with Crippen molar-refractivity contribution < 1.29 is 0 Å². The number of aromatic nitrogens is 1. The highest BCUT2D eigenvalue weighted by molar-refractivity contribution is 7.80. The molecule has 1 heterocycles. The number of hydrogen-bond acceptors (Lipinski definition) is 2. The van der Waals surface area contributed by atoms with Crippen LogP contribution in [0.1, 0.15) is 18.4 Å². The monoisotopic (exact) mass is 245 g/mol. The third-order valence-corrected chi connectivity index (χ3v) is 2.68. The first-order valence-corrected chi connectivity index (χ1v) is 6.06. The summed E-state index contributed by atoms with van der Waals surface area (Å²) in [4.78, 5) is 4.05. The van der Waals surface area contributed by atoms with Gasteiger partial charge in [0.05, 0.1) is 0 Å². The Morgan fingerprint density at radius 3 is 3.06 bits per heavy atom. The van der Waals surface area contributed by atoms with Crippen LogP contribution in [0.15, 0.2) is 48.5 Å². The van der Waals surface area contributed by atoms with Gasteiger partial charge in [0.1, 0.15) is 0 Å². The molecule has 0 unspecified atom stereocenters. The van der Waals surface area contributed by atoms with Crippen molar-refractivity contribution >= 4 is 17.3 Å². The number of hydrogen-bond donors (Lipinski definition) is 2. The number of nitrogens with one attached hydrogen (secondary N) is 2. The van der Waals surface area contributed by atoms with Gasteiger partial charge in [-0.25, -0.2) is 0 Å². The number of rotatable bonds is 3. The van der Waals surface area contributed by atoms with Crippen LogP contribution in [0.3, 0.4) is 0 Å². The average Bonchev–Trinajstić information content (AvgIpc) is 2.39. The molecule has 0 atom stereocenters. The topological polar surface area (TPSA) is 37.0 Å². The molecular weight excluding hydrogens is 230 g/mol. The quantitative estimate of drug-likeness (QED) is 0.801. The summed E-state index contributed by atoms with van der Waals surface area (Å²) in [5.41, 5.74) is 2.18. The lowest BCUT2D eigenvalue weighted by molar-refractivity contribution is 0.880. The molecule has 0 radical (unpaired) electrons. The van der Waals surface area contributed by atoms with Crippen molar-refractivity contribution in [3.05, 3.63) is 54.0 Å². The zero-order valence-corrected chi connectivity index (χ0v) is 10.3. The number of allylic oxidation sites excluding steroid dienone is 3. The molecular formula is C13H15N3S. The zero-order chi connectivity index (χ0) is 11.9. The smallest absolute Gasteiger partial charge is 0.171 e. The summed E-state index contributed by atoms with van der Waals surface area (Å²) in [6, 6.07) is 3.93. The Kier molecular flexibility index (Phi) is 4.27. The Morgan fingerprint density at radius 2 is 2.35 bits per heavy atom. The molecule has 1 aliphatic rings. The van der Waals surface area contributed by atoms with Crippen molar-refractivity contribution in [2.45, 2.75) is 19.4 Å². The van der Waals surface area contributed by atoms with Gasteiger partial charge in [0.25, 0.3) is 0 Å². The van der Waals surface area contributed by atoms with Crippen LogP contribution in [0, 0.1) is 0 Å². The standard InChI is InChI=1S/C13H15N3S/c17-13(16-12-6-2-1-3-7-12)15-10-11-5-4-8-14-9-11/h2,4-9H,1,3,10H2,(H2,15,16,17). The molecule has 0 fully saturated rings. The third kappa shape index (κ3) is 4.00. The van der Waals surface area contributed by atoms with E-state index in [0.29, 0.717) is 11.7 Å². The van der Waals surface area contributed by atoms with E-state index in [-0.39, 0.29) is 0 Å². The minimum Gasteiger partial charge on any atom is -0.358 e. The normalized spacial score (nSPS) is 14.0. The fourth-order valence-electron chi connectivity index (χ4n) is 1.57. The summed E-state index contributed by atoms with van der Waals surface area (Å²) in [5.74, 6) is 0. The van der Waals surface area contributed by atoms with Crippen LogP contribution in [-0.2, 0) is 6.54 Å². The highest BCUT2D eigenvalue weighted by Crippen LogP contribution is 2.06. The largest absolute Gasteiger partial charge is 0.358 e. The molecule has 0 saturated carbocycles. The summed E-state index contributed by atoms with van der Waals surface area (Å²) < 4.78 is 0. The Morgan fingerprint density at radius 1 is 1.41 bits per heavy atom. The van der Waals surface area contributed by atoms with Crippen molar-refractivity contribution in [3.63, 3.8) is 0 Å². The lowest BCUT2D eigenvalue weighted by atomic mass is 10.1. The van der Waals surface area contributed by atoms with E-state index in [4.69, 9.17) is 12.2 Å². The third-order valence-electron chi connectivity index (χ3n) is 2.43. The molecule has 1 aromatic rings. The molecule has 0 amide bonds. The second kappa shape index (κ2) is 6.15. The van der Waals surface area contributed by atoms with E-state index < -0.39 is 0 Å². The summed E-state index contributed by atoms with van der Waals surface area (Å²) >= 11 is 5.22. The van der Waals surface area contributed by atoms with E-state index in [9.17, 15) is 0 Å². The van der Waals surface area contributed by atoms with Crippen LogP contribution in [-0.4, -0.2) is 10.1 Å². The first-order chi connectivity index (χ1) is 8.34. The molecule has 0 bridgehead atoms. The molecule has 3 nitrogen and oxygen atoms in total. The van der Waals surface area contributed by atoms with Crippen molar-refractivity contribution in [3.8, 4) is 0 Å². The molecule has 0 spiro atoms. The summed E-state index contributed by atoms with van der Waals surface area (Å²) in [6.07, 6.45) is 12.1. The van der Waals surface area contributed by atoms with Crippen LogP contribution < -0.4 is 10.6 Å². The average molecular weight is 245 g/mol. The van der Waals surface area contributed by atoms with Gasteiger partial charge in [-0.1, -0.05) is 18.2 Å². The Hall–Kier alpha value is -1.68. The van der Waals surface area contributed by atoms with Crippen molar-refractivity contribution in [2.24, 2.45) is 0 Å². The lowest BCUT2D eigenvalue weighted by Crippen LogP contribution is -2.34. The van der Waals surface area contributed by atoms with Crippen LogP contribution in [0.4, 0.5) is 0 Å². The van der Waals surface area contributed by atoms with Gasteiger partial charge in [-0.3, -0.25) is 4.98 Å². The van der Waals surface area contributed by atoms with Crippen molar-refractivity contribution in [1.29, 1.82) is 0 Å². The van der Waals surface area contributed by atoms with E-state index in [1.54, 1.807) is 6.20 Å². The van der Waals surface area contributed by atoms with Gasteiger partial charge >= 0.3 is 0 Å². The number of nitrogens with zero attached hydrogens (tertiary/aromatic N) is 1. The zero-order valence-electron chi connectivity index (χ0n) is 9.52. The number of pyridine rings is 1. The molecule has 2 N–H and O–H groups in total. The Balaban J connectivity index is 1.78. The Labute approximate surface area is 107 Å². The molecule has 1 aromatic heterocycles. The highest BCUT2D eigenvalue weighted by Gasteiger charge is 2.00. The van der Waals surface area contributed by atoms with Gasteiger partial charge in [0, 0.05) is 24.6 Å². The second-order valence-electron chi connectivity index (χ2n) is 3.81. The van der Waals surface area contributed by atoms with Gasteiger partial charge in [-0.2, -0.15) is 0 Å². The van der Waals surface area contributed by atoms with E-state index in [1.165, 1.54) is 0 Å². The van der Waals surface area contributed by atoms with Crippen LogP contribution >= 0.6 is 12.2 Å². The molecule has 88 valence electrons. The van der Waals surface area contributed by atoms with Gasteiger partial charge in [-0.15, -0.1) is 0 Å². The number of thiocarbonyl (C=S) groups is 1. The predicted molar refractivity (Wildman–Crippen MR) is 73.3 cm³/mol. The van der Waals surface area contributed by atoms with E-state index in [2.05, 4.69) is 33.8 Å². The maximum absolute atomic E-state index is 5.22. The Bertz CT molecular complexity index is 437.